The zero-order chi connectivity index (χ0) is 22.2. The Morgan fingerprint density at radius 3 is 2.55 bits per heavy atom. The highest BCUT2D eigenvalue weighted by Crippen LogP contribution is 2.31. The molecule has 1 aromatic carbocycles. The number of hydrogen-bond acceptors (Lipinski definition) is 4. The topological polar surface area (TPSA) is 68.0 Å². The fourth-order valence-corrected chi connectivity index (χ4v) is 3.73. The molecule has 4 rings (SSSR count). The predicted octanol–water partition coefficient (Wildman–Crippen LogP) is 3.88. The molecule has 10 heteroatoms. The molecule has 0 unspecified atom stereocenters. The number of amides is 1. The maximum absolute atomic E-state index is 12.8. The summed E-state index contributed by atoms with van der Waals surface area (Å²) in [5.41, 5.74) is 4.26. The van der Waals surface area contributed by atoms with Gasteiger partial charge in [-0.3, -0.25) is 14.2 Å². The lowest BCUT2D eigenvalue weighted by Gasteiger charge is -2.26. The molecule has 3 heterocycles. The summed E-state index contributed by atoms with van der Waals surface area (Å²) < 4.78 is 41.4. The number of nitrogens with zero attached hydrogens (tertiary/aromatic N) is 5. The molecule has 0 atom stereocenters. The van der Waals surface area contributed by atoms with E-state index in [9.17, 15) is 18.0 Å². The van der Waals surface area contributed by atoms with Crippen molar-refractivity contribution in [3.63, 3.8) is 0 Å². The van der Waals surface area contributed by atoms with Gasteiger partial charge in [-0.1, -0.05) is 12.1 Å². The van der Waals surface area contributed by atoms with Gasteiger partial charge in [0.15, 0.2) is 5.82 Å². The van der Waals surface area contributed by atoms with E-state index in [-0.39, 0.29) is 12.5 Å². The van der Waals surface area contributed by atoms with E-state index in [1.807, 2.05) is 37.5 Å². The average molecular weight is 432 g/mol. The minimum atomic E-state index is -4.26. The molecule has 1 aliphatic rings. The van der Waals surface area contributed by atoms with Gasteiger partial charge >= 0.3 is 6.18 Å². The van der Waals surface area contributed by atoms with Crippen molar-refractivity contribution >= 4 is 17.4 Å². The first kappa shape index (κ1) is 21.0. The Hall–Kier alpha value is -3.30. The normalized spacial score (nSPS) is 13.9. The molecule has 7 nitrogen and oxygen atoms in total. The lowest BCUT2D eigenvalue weighted by molar-refractivity contribution is -0.137. The van der Waals surface area contributed by atoms with Gasteiger partial charge < -0.3 is 10.2 Å². The predicted molar refractivity (Wildman–Crippen MR) is 110 cm³/mol. The zero-order valence-corrected chi connectivity index (χ0v) is 17.3. The number of aromatic nitrogens is 4. The molecule has 31 heavy (non-hydrogen) atoms. The Morgan fingerprint density at radius 1 is 1.19 bits per heavy atom. The molecule has 164 valence electrons. The van der Waals surface area contributed by atoms with Crippen molar-refractivity contribution in [2.75, 3.05) is 11.9 Å². The highest BCUT2D eigenvalue weighted by molar-refractivity contribution is 5.74. The van der Waals surface area contributed by atoms with Crippen molar-refractivity contribution in [1.82, 2.24) is 24.5 Å². The second kappa shape index (κ2) is 8.09. The maximum atomic E-state index is 12.8. The van der Waals surface area contributed by atoms with Crippen LogP contribution < -0.4 is 5.32 Å². The minimum absolute atomic E-state index is 0.0690. The number of halogens is 3. The lowest BCUT2D eigenvalue weighted by Crippen LogP contribution is -2.34. The van der Waals surface area contributed by atoms with Gasteiger partial charge in [0.05, 0.1) is 19.2 Å². The Kier molecular flexibility index (Phi) is 5.47. The number of rotatable bonds is 5. The molecule has 1 aliphatic heterocycles. The number of anilines is 2. The summed E-state index contributed by atoms with van der Waals surface area (Å²) in [4.78, 5) is 13.5. The molecular weight excluding hydrogens is 409 g/mol. The molecule has 0 spiro atoms. The van der Waals surface area contributed by atoms with Gasteiger partial charge in [0.25, 0.3) is 0 Å². The molecule has 1 amide bonds. The van der Waals surface area contributed by atoms with Crippen LogP contribution in [0, 0.1) is 0 Å². The summed E-state index contributed by atoms with van der Waals surface area (Å²) in [5, 5.41) is 11.8. The third kappa shape index (κ3) is 4.73. The number of benzene rings is 1. The standard InChI is InChI=1S/C21H23F3N6O/c1-14(31)29-9-7-19-18(13-29)20(27-30(19)10-8-21(22,23)24)26-17-5-3-15(4-6-17)16-11-25-28(2)12-16/h3-6,11-12H,7-10,13H2,1-2H3,(H,26,27). The van der Waals surface area contributed by atoms with Gasteiger partial charge in [-0.05, 0) is 17.7 Å². The number of hydrogen-bond donors (Lipinski definition) is 1. The molecule has 0 fully saturated rings. The van der Waals surface area contributed by atoms with Crippen molar-refractivity contribution < 1.29 is 18.0 Å². The quantitative estimate of drug-likeness (QED) is 0.664. The van der Waals surface area contributed by atoms with Crippen LogP contribution in [0.25, 0.3) is 11.1 Å². The molecule has 0 radical (unpaired) electrons. The molecular formula is C21H23F3N6O. The Labute approximate surface area is 177 Å². The fourth-order valence-electron chi connectivity index (χ4n) is 3.73. The molecule has 0 saturated carbocycles. The monoisotopic (exact) mass is 432 g/mol. The van der Waals surface area contributed by atoms with E-state index in [1.54, 1.807) is 15.8 Å². The second-order valence-electron chi connectivity index (χ2n) is 7.66. The van der Waals surface area contributed by atoms with Crippen molar-refractivity contribution in [2.45, 2.75) is 39.0 Å². The van der Waals surface area contributed by atoms with E-state index < -0.39 is 12.6 Å². The summed E-state index contributed by atoms with van der Waals surface area (Å²) in [5.74, 6) is 0.415. The third-order valence-electron chi connectivity index (χ3n) is 5.37. The molecule has 0 bridgehead atoms. The lowest BCUT2D eigenvalue weighted by atomic mass is 10.1. The molecule has 1 N–H and O–H groups in total. The Morgan fingerprint density at radius 2 is 1.94 bits per heavy atom. The highest BCUT2D eigenvalue weighted by atomic mass is 19.4. The molecule has 2 aromatic heterocycles. The van der Waals surface area contributed by atoms with Crippen LogP contribution in [0.15, 0.2) is 36.7 Å². The van der Waals surface area contributed by atoms with Crippen LogP contribution in [-0.2, 0) is 31.4 Å². The van der Waals surface area contributed by atoms with Gasteiger partial charge in [-0.25, -0.2) is 0 Å². The molecule has 0 saturated heterocycles. The van der Waals surface area contributed by atoms with Gasteiger partial charge in [0, 0.05) is 62.2 Å². The number of fused-ring (bicyclic) bond motifs is 1. The van der Waals surface area contributed by atoms with Gasteiger partial charge in [-0.15, -0.1) is 0 Å². The first-order chi connectivity index (χ1) is 14.7. The van der Waals surface area contributed by atoms with Crippen molar-refractivity contribution in [1.29, 1.82) is 0 Å². The van der Waals surface area contributed by atoms with Crippen LogP contribution in [0.2, 0.25) is 0 Å². The average Bonchev–Trinajstić information content (AvgIpc) is 3.30. The highest BCUT2D eigenvalue weighted by Gasteiger charge is 2.30. The van der Waals surface area contributed by atoms with Crippen LogP contribution in [0.5, 0.6) is 0 Å². The SMILES string of the molecule is CC(=O)N1CCc2c(c(Nc3ccc(-c4cnn(C)c4)cc3)nn2CCC(F)(F)F)C1. The Bertz CT molecular complexity index is 1080. The second-order valence-corrected chi connectivity index (χ2v) is 7.66. The summed E-state index contributed by atoms with van der Waals surface area (Å²) in [6, 6.07) is 7.65. The van der Waals surface area contributed by atoms with Crippen LogP contribution >= 0.6 is 0 Å². The van der Waals surface area contributed by atoms with Crippen LogP contribution in [-0.4, -0.2) is 43.1 Å². The van der Waals surface area contributed by atoms with E-state index in [1.165, 1.54) is 11.6 Å². The number of alkyl halides is 3. The van der Waals surface area contributed by atoms with Gasteiger partial charge in [-0.2, -0.15) is 23.4 Å². The summed E-state index contributed by atoms with van der Waals surface area (Å²) >= 11 is 0. The molecule has 0 aliphatic carbocycles. The summed E-state index contributed by atoms with van der Waals surface area (Å²) in [6.45, 7) is 2.04. The fraction of sp³-hybridized carbons (Fsp3) is 0.381. The number of nitrogens with one attached hydrogen (secondary N) is 1. The van der Waals surface area contributed by atoms with Crippen molar-refractivity contribution in [2.24, 2.45) is 7.05 Å². The van der Waals surface area contributed by atoms with E-state index in [4.69, 9.17) is 0 Å². The number of carbonyl (C=O) groups is 1. The Balaban J connectivity index is 1.59. The summed E-state index contributed by atoms with van der Waals surface area (Å²) in [6.07, 6.45) is -1.04. The van der Waals surface area contributed by atoms with E-state index in [0.717, 1.165) is 28.1 Å². The summed E-state index contributed by atoms with van der Waals surface area (Å²) in [7, 11) is 1.85. The van der Waals surface area contributed by atoms with Gasteiger partial charge in [0.1, 0.15) is 0 Å². The smallest absolute Gasteiger partial charge is 0.338 e. The van der Waals surface area contributed by atoms with Crippen LogP contribution in [0.3, 0.4) is 0 Å². The first-order valence-electron chi connectivity index (χ1n) is 9.96. The molecule has 3 aromatic rings. The van der Waals surface area contributed by atoms with E-state index >= 15 is 0 Å². The third-order valence-corrected chi connectivity index (χ3v) is 5.37. The van der Waals surface area contributed by atoms with Crippen molar-refractivity contribution in [3.8, 4) is 11.1 Å². The zero-order valence-electron chi connectivity index (χ0n) is 17.3. The van der Waals surface area contributed by atoms with Crippen molar-refractivity contribution in [3.05, 3.63) is 47.9 Å². The first-order valence-corrected chi connectivity index (χ1v) is 9.96. The largest absolute Gasteiger partial charge is 0.390 e. The van der Waals surface area contributed by atoms with E-state index in [2.05, 4.69) is 15.5 Å². The van der Waals surface area contributed by atoms with Crippen LogP contribution in [0.1, 0.15) is 24.6 Å². The van der Waals surface area contributed by atoms with E-state index in [0.29, 0.717) is 25.3 Å². The minimum Gasteiger partial charge on any atom is -0.338 e. The van der Waals surface area contributed by atoms with Gasteiger partial charge in [0.2, 0.25) is 5.91 Å². The maximum Gasteiger partial charge on any atom is 0.390 e. The number of aryl methyl sites for hydroxylation is 2. The number of carbonyl (C=O) groups excluding carboxylic acids is 1. The van der Waals surface area contributed by atoms with Crippen LogP contribution in [0.4, 0.5) is 24.7 Å².